The van der Waals surface area contributed by atoms with Crippen LogP contribution in [0, 0.1) is 12.3 Å². The average molecular weight is 327 g/mol. The first-order valence-electron chi connectivity index (χ1n) is 7.22. The predicted molar refractivity (Wildman–Crippen MR) is 87.9 cm³/mol. The zero-order valence-electron chi connectivity index (χ0n) is 13.2. The van der Waals surface area contributed by atoms with Crippen LogP contribution in [0.2, 0.25) is 5.02 Å². The van der Waals surface area contributed by atoms with Crippen molar-refractivity contribution in [3.63, 3.8) is 0 Å². The van der Waals surface area contributed by atoms with Crippen LogP contribution >= 0.6 is 11.6 Å². The van der Waals surface area contributed by atoms with Crippen molar-refractivity contribution in [1.29, 1.82) is 0 Å². The lowest BCUT2D eigenvalue weighted by Crippen LogP contribution is -2.36. The fourth-order valence-electron chi connectivity index (χ4n) is 1.85. The summed E-state index contributed by atoms with van der Waals surface area (Å²) in [6.45, 7) is 6.19. The number of amides is 2. The first-order valence-corrected chi connectivity index (χ1v) is 7.60. The molecule has 1 rings (SSSR count). The molecule has 5 nitrogen and oxygen atoms in total. The van der Waals surface area contributed by atoms with Gasteiger partial charge in [0.25, 0.3) is 0 Å². The van der Waals surface area contributed by atoms with Gasteiger partial charge in [-0.15, -0.1) is 0 Å². The van der Waals surface area contributed by atoms with Crippen molar-refractivity contribution in [2.75, 3.05) is 18.5 Å². The zero-order valence-corrected chi connectivity index (χ0v) is 14.0. The van der Waals surface area contributed by atoms with E-state index in [4.69, 9.17) is 16.7 Å². The molecule has 0 bridgehead atoms. The second-order valence-corrected chi connectivity index (χ2v) is 6.45. The Bertz CT molecular complexity index is 544. The number of aliphatic hydroxyl groups is 1. The molecular formula is C16H23ClN2O3. The molecule has 0 spiro atoms. The second kappa shape index (κ2) is 8.15. The number of hydrogen-bond donors (Lipinski definition) is 3. The van der Waals surface area contributed by atoms with Crippen LogP contribution in [-0.4, -0.2) is 30.1 Å². The monoisotopic (exact) mass is 326 g/mol. The molecular weight excluding hydrogens is 304 g/mol. The molecule has 0 unspecified atom stereocenters. The maximum Gasteiger partial charge on any atom is 0.313 e. The molecule has 22 heavy (non-hydrogen) atoms. The van der Waals surface area contributed by atoms with Crippen LogP contribution in [0.25, 0.3) is 0 Å². The fraction of sp³-hybridized carbons (Fsp3) is 0.500. The Morgan fingerprint density at radius 1 is 1.27 bits per heavy atom. The molecule has 0 aliphatic carbocycles. The van der Waals surface area contributed by atoms with Crippen molar-refractivity contribution >= 4 is 29.1 Å². The first kappa shape index (κ1) is 18.5. The summed E-state index contributed by atoms with van der Waals surface area (Å²) in [7, 11) is 0. The largest absolute Gasteiger partial charge is 0.396 e. The van der Waals surface area contributed by atoms with Gasteiger partial charge in [0.15, 0.2) is 0 Å². The quantitative estimate of drug-likeness (QED) is 0.555. The summed E-state index contributed by atoms with van der Waals surface area (Å²) in [4.78, 5) is 23.5. The minimum Gasteiger partial charge on any atom is -0.396 e. The lowest BCUT2D eigenvalue weighted by Gasteiger charge is -2.21. The highest BCUT2D eigenvalue weighted by molar-refractivity contribution is 6.41. The summed E-state index contributed by atoms with van der Waals surface area (Å²) < 4.78 is 0. The number of hydrogen-bond acceptors (Lipinski definition) is 3. The maximum absolute atomic E-state index is 11.8. The molecule has 0 aliphatic rings. The van der Waals surface area contributed by atoms with Gasteiger partial charge < -0.3 is 15.7 Å². The second-order valence-electron chi connectivity index (χ2n) is 6.07. The van der Waals surface area contributed by atoms with E-state index in [1.165, 1.54) is 0 Å². The van der Waals surface area contributed by atoms with Crippen LogP contribution in [0.5, 0.6) is 0 Å². The lowest BCUT2D eigenvalue weighted by atomic mass is 9.89. The topological polar surface area (TPSA) is 78.4 Å². The summed E-state index contributed by atoms with van der Waals surface area (Å²) in [5, 5.41) is 14.6. The van der Waals surface area contributed by atoms with E-state index in [-0.39, 0.29) is 12.0 Å². The van der Waals surface area contributed by atoms with Crippen molar-refractivity contribution in [2.45, 2.75) is 33.6 Å². The number of nitrogens with one attached hydrogen (secondary N) is 2. The van der Waals surface area contributed by atoms with E-state index in [0.29, 0.717) is 23.7 Å². The van der Waals surface area contributed by atoms with Gasteiger partial charge >= 0.3 is 11.8 Å². The number of benzene rings is 1. The van der Waals surface area contributed by atoms with Crippen molar-refractivity contribution in [3.8, 4) is 0 Å². The van der Waals surface area contributed by atoms with Crippen LogP contribution in [-0.2, 0) is 9.59 Å². The van der Waals surface area contributed by atoms with Gasteiger partial charge in [0.05, 0.1) is 10.7 Å². The predicted octanol–water partition coefficient (Wildman–Crippen LogP) is 2.50. The van der Waals surface area contributed by atoms with Gasteiger partial charge in [0.2, 0.25) is 0 Å². The van der Waals surface area contributed by atoms with Crippen LogP contribution in [0.4, 0.5) is 5.69 Å². The Morgan fingerprint density at radius 2 is 1.95 bits per heavy atom. The van der Waals surface area contributed by atoms with Gasteiger partial charge in [-0.2, -0.15) is 0 Å². The number of rotatable bonds is 6. The lowest BCUT2D eigenvalue weighted by molar-refractivity contribution is -0.136. The molecule has 0 fully saturated rings. The van der Waals surface area contributed by atoms with Crippen molar-refractivity contribution in [3.05, 3.63) is 28.8 Å². The number of carbonyl (C=O) groups excluding carboxylic acids is 2. The van der Waals surface area contributed by atoms with Crippen molar-refractivity contribution in [1.82, 2.24) is 5.32 Å². The number of carbonyl (C=O) groups is 2. The average Bonchev–Trinajstić information content (AvgIpc) is 2.48. The molecule has 0 saturated carbocycles. The molecule has 0 radical (unpaired) electrons. The van der Waals surface area contributed by atoms with Crippen molar-refractivity contribution < 1.29 is 14.7 Å². The molecule has 0 aromatic heterocycles. The highest BCUT2D eigenvalue weighted by atomic mass is 35.5. The highest BCUT2D eigenvalue weighted by Crippen LogP contribution is 2.25. The third-order valence-corrected chi connectivity index (χ3v) is 3.89. The number of halogens is 1. The van der Waals surface area contributed by atoms with Gasteiger partial charge in [-0.25, -0.2) is 0 Å². The van der Waals surface area contributed by atoms with Crippen LogP contribution in [0.1, 0.15) is 32.3 Å². The van der Waals surface area contributed by atoms with Gasteiger partial charge in [-0.05, 0) is 36.8 Å². The highest BCUT2D eigenvalue weighted by Gasteiger charge is 2.17. The molecule has 1 aromatic rings. The maximum atomic E-state index is 11.8. The van der Waals surface area contributed by atoms with E-state index in [9.17, 15) is 9.59 Å². The molecule has 0 aliphatic heterocycles. The summed E-state index contributed by atoms with van der Waals surface area (Å²) in [6, 6.07) is 5.22. The van der Waals surface area contributed by atoms with E-state index in [2.05, 4.69) is 10.6 Å². The molecule has 122 valence electrons. The Labute approximate surface area is 136 Å². The Morgan fingerprint density at radius 3 is 2.59 bits per heavy atom. The van der Waals surface area contributed by atoms with Gasteiger partial charge in [-0.1, -0.05) is 37.6 Å². The molecule has 0 heterocycles. The Hall–Kier alpha value is -1.59. The third-order valence-electron chi connectivity index (χ3n) is 3.39. The minimum atomic E-state index is -0.742. The van der Waals surface area contributed by atoms with E-state index >= 15 is 0 Å². The van der Waals surface area contributed by atoms with Crippen LogP contribution in [0.15, 0.2) is 18.2 Å². The number of anilines is 1. The standard InChI is InChI=1S/C16H23ClN2O3/c1-11-6-4-7-12(13(11)17)19-15(22)14(21)18-9-5-8-16(2,3)10-20/h4,6-7,20H,5,8-10H2,1-3H3,(H,18,21)(H,19,22). The zero-order chi connectivity index (χ0) is 16.8. The molecule has 6 heteroatoms. The number of aliphatic hydroxyl groups excluding tert-OH is 1. The SMILES string of the molecule is Cc1cccc(NC(=O)C(=O)NCCCC(C)(C)CO)c1Cl. The first-order chi connectivity index (χ1) is 10.3. The van der Waals surface area contributed by atoms with E-state index in [1.807, 2.05) is 26.8 Å². The van der Waals surface area contributed by atoms with E-state index in [0.717, 1.165) is 12.0 Å². The summed E-state index contributed by atoms with van der Waals surface area (Å²) in [5.41, 5.74) is 1.07. The van der Waals surface area contributed by atoms with E-state index < -0.39 is 11.8 Å². The van der Waals surface area contributed by atoms with Crippen molar-refractivity contribution in [2.24, 2.45) is 5.41 Å². The third kappa shape index (κ3) is 5.66. The van der Waals surface area contributed by atoms with E-state index in [1.54, 1.807) is 12.1 Å². The summed E-state index contributed by atoms with van der Waals surface area (Å²) in [6.07, 6.45) is 1.45. The van der Waals surface area contributed by atoms with Gasteiger partial charge in [0.1, 0.15) is 0 Å². The van der Waals surface area contributed by atoms with Crippen LogP contribution < -0.4 is 10.6 Å². The summed E-state index contributed by atoms with van der Waals surface area (Å²) in [5.74, 6) is -1.44. The van der Waals surface area contributed by atoms with Crippen LogP contribution in [0.3, 0.4) is 0 Å². The summed E-state index contributed by atoms with van der Waals surface area (Å²) >= 11 is 6.06. The smallest absolute Gasteiger partial charge is 0.313 e. The fourth-order valence-corrected chi connectivity index (χ4v) is 2.02. The Kier molecular flexibility index (Phi) is 6.84. The van der Waals surface area contributed by atoms with Gasteiger partial charge in [0, 0.05) is 13.2 Å². The Balaban J connectivity index is 2.43. The van der Waals surface area contributed by atoms with Gasteiger partial charge in [-0.3, -0.25) is 9.59 Å². The molecule has 2 amide bonds. The molecule has 1 aromatic carbocycles. The molecule has 0 atom stereocenters. The minimum absolute atomic E-state index is 0.0906. The molecule has 3 N–H and O–H groups in total. The number of aryl methyl sites for hydroxylation is 1. The normalized spacial score (nSPS) is 11.1. The molecule has 0 saturated heterocycles.